The molecule has 9 heteroatoms. The van der Waals surface area contributed by atoms with Crippen molar-refractivity contribution in [2.45, 2.75) is 44.5 Å². The van der Waals surface area contributed by atoms with Gasteiger partial charge >= 0.3 is 12.1 Å². The average molecular weight is 616 g/mol. The van der Waals surface area contributed by atoms with Gasteiger partial charge in [-0.3, -0.25) is 9.69 Å². The summed E-state index contributed by atoms with van der Waals surface area (Å²) in [5.41, 5.74) is 1.39. The number of benzene rings is 4. The number of alkyl halides is 3. The van der Waals surface area contributed by atoms with E-state index in [-0.39, 0.29) is 43.0 Å². The molecule has 0 bridgehead atoms. The van der Waals surface area contributed by atoms with Crippen molar-refractivity contribution in [3.05, 3.63) is 137 Å². The van der Waals surface area contributed by atoms with Crippen LogP contribution in [0.15, 0.2) is 103 Å². The molecule has 0 aliphatic rings. The number of halogens is 5. The van der Waals surface area contributed by atoms with Gasteiger partial charge in [-0.25, -0.2) is 4.39 Å². The molecule has 0 saturated carbocycles. The summed E-state index contributed by atoms with van der Waals surface area (Å²) in [6.45, 7) is 2.71. The van der Waals surface area contributed by atoms with Crippen LogP contribution in [-0.2, 0) is 23.9 Å². The molecule has 1 atom stereocenters. The van der Waals surface area contributed by atoms with Crippen LogP contribution in [0.25, 0.3) is 0 Å². The zero-order valence-electron chi connectivity index (χ0n) is 23.6. The van der Waals surface area contributed by atoms with Gasteiger partial charge in [-0.1, -0.05) is 84.9 Å². The Morgan fingerprint density at radius 3 is 2.07 bits per heavy atom. The molecule has 0 aliphatic heterocycles. The Balaban J connectivity index is 0.00000506. The summed E-state index contributed by atoms with van der Waals surface area (Å²) in [5.74, 6) is -1.78. The number of aliphatic carboxylic acids is 1. The number of carboxylic acids is 1. The van der Waals surface area contributed by atoms with Crippen LogP contribution in [-0.4, -0.2) is 35.2 Å². The lowest BCUT2D eigenvalue weighted by Crippen LogP contribution is -2.32. The van der Waals surface area contributed by atoms with E-state index in [0.29, 0.717) is 30.8 Å². The second-order valence-corrected chi connectivity index (χ2v) is 10.3. The van der Waals surface area contributed by atoms with Gasteiger partial charge in [-0.05, 0) is 48.2 Å². The maximum atomic E-state index is 15.1. The van der Waals surface area contributed by atoms with Crippen LogP contribution < -0.4 is 4.74 Å². The molecular formula is C34H34ClF4NO3. The van der Waals surface area contributed by atoms with Gasteiger partial charge in [0.15, 0.2) is 0 Å². The van der Waals surface area contributed by atoms with Crippen LogP contribution in [0.2, 0.25) is 0 Å². The van der Waals surface area contributed by atoms with E-state index in [0.717, 1.165) is 17.2 Å². The SMILES string of the molecule is C[C@H](CCN(Cc1cccc(C(F)(F)F)c1F)CC(c1ccccc1)c1ccccc1)Oc1cccc(CC(=O)O)c1.Cl. The average Bonchev–Trinajstić information content (AvgIpc) is 2.95. The molecule has 1 N–H and O–H groups in total. The van der Waals surface area contributed by atoms with E-state index in [4.69, 9.17) is 9.84 Å². The minimum atomic E-state index is -4.79. The van der Waals surface area contributed by atoms with E-state index in [9.17, 15) is 18.0 Å². The Hall–Kier alpha value is -3.88. The largest absolute Gasteiger partial charge is 0.491 e. The first-order valence-electron chi connectivity index (χ1n) is 13.7. The monoisotopic (exact) mass is 615 g/mol. The molecule has 0 saturated heterocycles. The number of hydrogen-bond acceptors (Lipinski definition) is 3. The molecule has 4 rings (SSSR count). The van der Waals surface area contributed by atoms with Crippen molar-refractivity contribution in [3.8, 4) is 5.75 Å². The van der Waals surface area contributed by atoms with Crippen molar-refractivity contribution in [2.24, 2.45) is 0 Å². The van der Waals surface area contributed by atoms with Crippen LogP contribution in [0.4, 0.5) is 17.6 Å². The smallest absolute Gasteiger partial charge is 0.419 e. The van der Waals surface area contributed by atoms with Gasteiger partial charge in [0, 0.05) is 31.1 Å². The fraction of sp³-hybridized carbons (Fsp3) is 0.265. The number of hydrogen-bond donors (Lipinski definition) is 1. The van der Waals surface area contributed by atoms with Crippen molar-refractivity contribution in [1.82, 2.24) is 4.90 Å². The molecule has 0 radical (unpaired) electrons. The van der Waals surface area contributed by atoms with Crippen molar-refractivity contribution in [3.63, 3.8) is 0 Å². The number of ether oxygens (including phenoxy) is 1. The quantitative estimate of drug-likeness (QED) is 0.154. The van der Waals surface area contributed by atoms with Crippen LogP contribution in [0.1, 0.15) is 47.1 Å². The van der Waals surface area contributed by atoms with E-state index in [1.165, 1.54) is 12.1 Å². The third-order valence-electron chi connectivity index (χ3n) is 7.07. The normalized spacial score (nSPS) is 12.2. The summed E-state index contributed by atoms with van der Waals surface area (Å²) >= 11 is 0. The molecule has 0 amide bonds. The summed E-state index contributed by atoms with van der Waals surface area (Å²) in [4.78, 5) is 13.0. The van der Waals surface area contributed by atoms with Crippen molar-refractivity contribution in [2.75, 3.05) is 13.1 Å². The lowest BCUT2D eigenvalue weighted by atomic mass is 9.90. The first kappa shape index (κ1) is 33.6. The molecule has 0 aromatic heterocycles. The van der Waals surface area contributed by atoms with Crippen molar-refractivity contribution >= 4 is 18.4 Å². The fourth-order valence-corrected chi connectivity index (χ4v) is 4.99. The van der Waals surface area contributed by atoms with Gasteiger partial charge in [0.1, 0.15) is 11.6 Å². The van der Waals surface area contributed by atoms with Crippen LogP contribution >= 0.6 is 12.4 Å². The van der Waals surface area contributed by atoms with Gasteiger partial charge < -0.3 is 9.84 Å². The standard InChI is InChI=1S/C34H33F4NO3.ClH/c1-24(42-29-16-8-10-25(20-29)21-32(40)41)18-19-39(22-28-15-9-17-31(33(28)35)34(36,37)38)23-30(26-11-4-2-5-12-26)27-13-6-3-7-14-27;/h2-17,20,24,30H,18-19,21-23H2,1H3,(H,40,41);1H/t24-;/m1./s1. The third-order valence-corrected chi connectivity index (χ3v) is 7.07. The fourth-order valence-electron chi connectivity index (χ4n) is 4.99. The number of carboxylic acid groups (broad SMARTS) is 1. The van der Waals surface area contributed by atoms with E-state index < -0.39 is 23.5 Å². The summed E-state index contributed by atoms with van der Waals surface area (Å²) in [6.07, 6.45) is -4.72. The minimum absolute atomic E-state index is 0. The second-order valence-electron chi connectivity index (χ2n) is 10.3. The molecule has 0 fully saturated rings. The first-order chi connectivity index (χ1) is 20.1. The van der Waals surface area contributed by atoms with E-state index in [1.54, 1.807) is 24.3 Å². The Morgan fingerprint density at radius 2 is 1.49 bits per heavy atom. The number of rotatable bonds is 13. The highest BCUT2D eigenvalue weighted by molar-refractivity contribution is 5.85. The molecule has 4 aromatic rings. The zero-order valence-corrected chi connectivity index (χ0v) is 24.5. The Kier molecular flexibility index (Phi) is 12.2. The number of carbonyl (C=O) groups is 1. The summed E-state index contributed by atoms with van der Waals surface area (Å²) in [6, 6.07) is 29.9. The molecule has 0 unspecified atom stereocenters. The highest BCUT2D eigenvalue weighted by atomic mass is 35.5. The van der Waals surface area contributed by atoms with Crippen LogP contribution in [0.5, 0.6) is 5.75 Å². The van der Waals surface area contributed by atoms with E-state index in [1.807, 2.05) is 72.5 Å². The number of nitrogens with zero attached hydrogens (tertiary/aromatic N) is 1. The summed E-state index contributed by atoms with van der Waals surface area (Å²) in [5, 5.41) is 9.09. The Bertz CT molecular complexity index is 1410. The topological polar surface area (TPSA) is 49.8 Å². The lowest BCUT2D eigenvalue weighted by molar-refractivity contribution is -0.140. The summed E-state index contributed by atoms with van der Waals surface area (Å²) < 4.78 is 61.6. The maximum absolute atomic E-state index is 15.1. The predicted octanol–water partition coefficient (Wildman–Crippen LogP) is 8.39. The van der Waals surface area contributed by atoms with E-state index in [2.05, 4.69) is 0 Å². The highest BCUT2D eigenvalue weighted by Gasteiger charge is 2.35. The zero-order chi connectivity index (χ0) is 30.1. The molecule has 4 aromatic carbocycles. The van der Waals surface area contributed by atoms with Gasteiger partial charge in [-0.2, -0.15) is 13.2 Å². The van der Waals surface area contributed by atoms with E-state index >= 15 is 4.39 Å². The molecule has 0 heterocycles. The molecule has 0 aliphatic carbocycles. The Morgan fingerprint density at radius 1 is 0.884 bits per heavy atom. The molecule has 0 spiro atoms. The first-order valence-corrected chi connectivity index (χ1v) is 13.7. The predicted molar refractivity (Wildman–Crippen MR) is 161 cm³/mol. The second kappa shape index (κ2) is 15.5. The molecule has 4 nitrogen and oxygen atoms in total. The molecular weight excluding hydrogens is 582 g/mol. The third kappa shape index (κ3) is 9.83. The van der Waals surface area contributed by atoms with Gasteiger partial charge in [-0.15, -0.1) is 12.4 Å². The van der Waals surface area contributed by atoms with Gasteiger partial charge in [0.2, 0.25) is 0 Å². The lowest BCUT2D eigenvalue weighted by Gasteiger charge is -2.30. The summed E-state index contributed by atoms with van der Waals surface area (Å²) in [7, 11) is 0. The van der Waals surface area contributed by atoms with Crippen LogP contribution in [0.3, 0.4) is 0 Å². The maximum Gasteiger partial charge on any atom is 0.419 e. The van der Waals surface area contributed by atoms with Crippen molar-refractivity contribution in [1.29, 1.82) is 0 Å². The highest BCUT2D eigenvalue weighted by Crippen LogP contribution is 2.33. The molecule has 228 valence electrons. The molecule has 43 heavy (non-hydrogen) atoms. The van der Waals surface area contributed by atoms with Crippen molar-refractivity contribution < 1.29 is 32.2 Å². The minimum Gasteiger partial charge on any atom is -0.491 e. The van der Waals surface area contributed by atoms with Gasteiger partial charge in [0.05, 0.1) is 18.1 Å². The van der Waals surface area contributed by atoms with Gasteiger partial charge in [0.25, 0.3) is 0 Å². The van der Waals surface area contributed by atoms with Crippen LogP contribution in [0, 0.1) is 5.82 Å². The Labute approximate surface area is 255 Å².